The molecule has 7 nitrogen and oxygen atoms in total. The molecule has 180 valence electrons. The van der Waals surface area contributed by atoms with Crippen molar-refractivity contribution in [2.75, 3.05) is 11.9 Å². The standard InChI is InChI=1S/C27H33N3O4/c1-5-16-30-19(4)24(26(32)34-18(2)3)25(29-27(30)33)21-12-9-13-22(17-21)28-23(31)15-14-20-10-7-6-8-11-20/h6-13,17-18,25H,5,14-16H2,1-4H3,(H,28,31)(H,29,33). The number of carbonyl (C=O) groups excluding carboxylic acids is 3. The molecule has 3 rings (SSSR count). The van der Waals surface area contributed by atoms with Crippen LogP contribution in [0.25, 0.3) is 0 Å². The number of allylic oxidation sites excluding steroid dienone is 1. The van der Waals surface area contributed by atoms with Gasteiger partial charge in [-0.1, -0.05) is 49.4 Å². The van der Waals surface area contributed by atoms with Gasteiger partial charge in [0.05, 0.1) is 17.7 Å². The van der Waals surface area contributed by atoms with Gasteiger partial charge in [-0.05, 0) is 56.9 Å². The van der Waals surface area contributed by atoms with Crippen molar-refractivity contribution in [3.8, 4) is 0 Å². The number of carbonyl (C=O) groups is 3. The number of amides is 3. The topological polar surface area (TPSA) is 87.7 Å². The second-order valence-corrected chi connectivity index (χ2v) is 8.65. The molecule has 0 spiro atoms. The quantitative estimate of drug-likeness (QED) is 0.515. The van der Waals surface area contributed by atoms with E-state index in [-0.39, 0.29) is 18.0 Å². The minimum atomic E-state index is -0.673. The molecular formula is C27H33N3O4. The number of nitrogens with zero attached hydrogens (tertiary/aromatic N) is 1. The van der Waals surface area contributed by atoms with Crippen LogP contribution in [-0.2, 0) is 20.7 Å². The first-order valence-electron chi connectivity index (χ1n) is 11.7. The Hall–Kier alpha value is -3.61. The van der Waals surface area contributed by atoms with Crippen LogP contribution in [0, 0.1) is 0 Å². The summed E-state index contributed by atoms with van der Waals surface area (Å²) in [5, 5.41) is 5.87. The van der Waals surface area contributed by atoms with Crippen LogP contribution in [0.3, 0.4) is 0 Å². The molecule has 1 aliphatic heterocycles. The molecule has 2 N–H and O–H groups in total. The highest BCUT2D eigenvalue weighted by molar-refractivity contribution is 5.95. The van der Waals surface area contributed by atoms with Gasteiger partial charge in [0.15, 0.2) is 0 Å². The fourth-order valence-electron chi connectivity index (χ4n) is 3.99. The summed E-state index contributed by atoms with van der Waals surface area (Å²) >= 11 is 0. The molecule has 1 heterocycles. The Morgan fingerprint density at radius 1 is 1.12 bits per heavy atom. The minimum Gasteiger partial charge on any atom is -0.459 e. The third-order valence-electron chi connectivity index (χ3n) is 5.59. The van der Waals surface area contributed by atoms with Gasteiger partial charge in [-0.15, -0.1) is 0 Å². The summed E-state index contributed by atoms with van der Waals surface area (Å²) in [6.07, 6.45) is 1.46. The molecule has 0 aliphatic carbocycles. The van der Waals surface area contributed by atoms with Gasteiger partial charge in [0.2, 0.25) is 5.91 Å². The number of hydrogen-bond acceptors (Lipinski definition) is 4. The molecule has 2 aromatic rings. The molecule has 7 heteroatoms. The summed E-state index contributed by atoms with van der Waals surface area (Å²) in [6, 6.07) is 16.1. The van der Waals surface area contributed by atoms with Crippen molar-refractivity contribution in [2.24, 2.45) is 0 Å². The van der Waals surface area contributed by atoms with E-state index in [4.69, 9.17) is 4.74 Å². The Morgan fingerprint density at radius 3 is 2.53 bits per heavy atom. The van der Waals surface area contributed by atoms with Gasteiger partial charge in [0.25, 0.3) is 0 Å². The van der Waals surface area contributed by atoms with E-state index in [0.29, 0.717) is 41.9 Å². The predicted molar refractivity (Wildman–Crippen MR) is 132 cm³/mol. The fourth-order valence-corrected chi connectivity index (χ4v) is 3.99. The molecule has 1 atom stereocenters. The zero-order chi connectivity index (χ0) is 24.7. The predicted octanol–water partition coefficient (Wildman–Crippen LogP) is 4.96. The first-order chi connectivity index (χ1) is 16.3. The largest absolute Gasteiger partial charge is 0.459 e. The number of anilines is 1. The molecule has 0 fully saturated rings. The van der Waals surface area contributed by atoms with Gasteiger partial charge in [0.1, 0.15) is 0 Å². The van der Waals surface area contributed by atoms with Gasteiger partial charge in [-0.3, -0.25) is 9.69 Å². The maximum atomic E-state index is 13.0. The van der Waals surface area contributed by atoms with Gasteiger partial charge in [-0.25, -0.2) is 9.59 Å². The maximum absolute atomic E-state index is 13.0. The van der Waals surface area contributed by atoms with Crippen molar-refractivity contribution >= 4 is 23.6 Å². The molecule has 0 aromatic heterocycles. The van der Waals surface area contributed by atoms with Crippen molar-refractivity contribution in [3.05, 3.63) is 77.0 Å². The lowest BCUT2D eigenvalue weighted by molar-refractivity contribution is -0.143. The molecule has 1 unspecified atom stereocenters. The lowest BCUT2D eigenvalue weighted by atomic mass is 9.94. The highest BCUT2D eigenvalue weighted by atomic mass is 16.5. The number of aryl methyl sites for hydroxylation is 1. The number of rotatable bonds is 9. The SMILES string of the molecule is CCCN1C(=O)NC(c2cccc(NC(=O)CCc3ccccc3)c2)C(C(=O)OC(C)C)=C1C. The summed E-state index contributed by atoms with van der Waals surface area (Å²) in [4.78, 5) is 39.9. The van der Waals surface area contributed by atoms with Crippen LogP contribution in [0.15, 0.2) is 65.9 Å². The first kappa shape index (κ1) is 25.0. The van der Waals surface area contributed by atoms with Crippen molar-refractivity contribution in [2.45, 2.75) is 59.1 Å². The number of hydrogen-bond donors (Lipinski definition) is 2. The monoisotopic (exact) mass is 463 g/mol. The highest BCUT2D eigenvalue weighted by Gasteiger charge is 2.36. The molecular weight excluding hydrogens is 430 g/mol. The molecule has 0 saturated heterocycles. The van der Waals surface area contributed by atoms with Gasteiger partial charge in [-0.2, -0.15) is 0 Å². The molecule has 34 heavy (non-hydrogen) atoms. The Morgan fingerprint density at radius 2 is 1.85 bits per heavy atom. The van der Waals surface area contributed by atoms with Crippen LogP contribution >= 0.6 is 0 Å². The zero-order valence-electron chi connectivity index (χ0n) is 20.3. The average molecular weight is 464 g/mol. The summed E-state index contributed by atoms with van der Waals surface area (Å²) < 4.78 is 5.50. The average Bonchev–Trinajstić information content (AvgIpc) is 2.80. The Bertz CT molecular complexity index is 1060. The van der Waals surface area contributed by atoms with Crippen LogP contribution < -0.4 is 10.6 Å². The van der Waals surface area contributed by atoms with E-state index in [9.17, 15) is 14.4 Å². The van der Waals surface area contributed by atoms with Crippen LogP contribution in [0.4, 0.5) is 10.5 Å². The van der Waals surface area contributed by atoms with E-state index in [1.807, 2.05) is 43.3 Å². The van der Waals surface area contributed by atoms with Crippen LogP contribution in [-0.4, -0.2) is 35.5 Å². The molecule has 3 amide bonds. The van der Waals surface area contributed by atoms with Crippen molar-refractivity contribution in [3.63, 3.8) is 0 Å². The number of esters is 1. The van der Waals surface area contributed by atoms with E-state index in [2.05, 4.69) is 10.6 Å². The van der Waals surface area contributed by atoms with Gasteiger partial charge < -0.3 is 15.4 Å². The third-order valence-corrected chi connectivity index (χ3v) is 5.59. The second kappa shape index (κ2) is 11.5. The minimum absolute atomic E-state index is 0.103. The lowest BCUT2D eigenvalue weighted by Gasteiger charge is -2.35. The number of urea groups is 1. The Labute approximate surface area is 201 Å². The van der Waals surface area contributed by atoms with E-state index < -0.39 is 12.0 Å². The first-order valence-corrected chi connectivity index (χ1v) is 11.7. The van der Waals surface area contributed by atoms with Crippen molar-refractivity contribution in [1.82, 2.24) is 10.2 Å². The Kier molecular flexibility index (Phi) is 8.46. The third kappa shape index (κ3) is 6.25. The molecule has 1 aliphatic rings. The number of ether oxygens (including phenoxy) is 1. The summed E-state index contributed by atoms with van der Waals surface area (Å²) in [6.45, 7) is 7.83. The lowest BCUT2D eigenvalue weighted by Crippen LogP contribution is -2.48. The highest BCUT2D eigenvalue weighted by Crippen LogP contribution is 2.32. The smallest absolute Gasteiger partial charge is 0.338 e. The summed E-state index contributed by atoms with van der Waals surface area (Å²) in [7, 11) is 0. The van der Waals surface area contributed by atoms with Crippen LogP contribution in [0.2, 0.25) is 0 Å². The Balaban J connectivity index is 1.82. The van der Waals surface area contributed by atoms with Crippen molar-refractivity contribution in [1.29, 1.82) is 0 Å². The van der Waals surface area contributed by atoms with Crippen LogP contribution in [0.5, 0.6) is 0 Å². The van der Waals surface area contributed by atoms with Gasteiger partial charge >= 0.3 is 12.0 Å². The van der Waals surface area contributed by atoms with E-state index in [1.165, 1.54) is 0 Å². The van der Waals surface area contributed by atoms with Gasteiger partial charge in [0, 0.05) is 24.4 Å². The van der Waals surface area contributed by atoms with E-state index in [0.717, 1.165) is 12.0 Å². The number of nitrogens with one attached hydrogen (secondary N) is 2. The summed E-state index contributed by atoms with van der Waals surface area (Å²) in [5.74, 6) is -0.565. The fraction of sp³-hybridized carbons (Fsp3) is 0.370. The van der Waals surface area contributed by atoms with Crippen LogP contribution in [0.1, 0.15) is 57.7 Å². The number of benzene rings is 2. The normalized spacial score (nSPS) is 15.9. The molecule has 0 radical (unpaired) electrons. The van der Waals surface area contributed by atoms with E-state index in [1.54, 1.807) is 43.9 Å². The zero-order valence-corrected chi connectivity index (χ0v) is 20.3. The molecule has 0 saturated carbocycles. The van der Waals surface area contributed by atoms with E-state index >= 15 is 0 Å². The maximum Gasteiger partial charge on any atom is 0.338 e. The molecule has 2 aromatic carbocycles. The molecule has 0 bridgehead atoms. The summed E-state index contributed by atoms with van der Waals surface area (Å²) in [5.41, 5.74) is 3.38. The van der Waals surface area contributed by atoms with Crippen molar-refractivity contribution < 1.29 is 19.1 Å². The second-order valence-electron chi connectivity index (χ2n) is 8.65.